The summed E-state index contributed by atoms with van der Waals surface area (Å²) >= 11 is 0. The van der Waals surface area contributed by atoms with Crippen LogP contribution in [0, 0.1) is 0 Å². The zero-order chi connectivity index (χ0) is 13.1. The van der Waals surface area contributed by atoms with E-state index in [1.165, 1.54) is 0 Å². The molecule has 0 unspecified atom stereocenters. The van der Waals surface area contributed by atoms with E-state index >= 15 is 0 Å². The molecular formula is C7H17F2O6P. The SMILES string of the molecule is C=CCOP(O)(O)(F)F.OCCOCCO. The molecule has 0 bridgehead atoms. The van der Waals surface area contributed by atoms with Gasteiger partial charge in [-0.1, -0.05) is 0 Å². The summed E-state index contributed by atoms with van der Waals surface area (Å²) in [6.07, 6.45) is 0.993. The second-order valence-electron chi connectivity index (χ2n) is 2.40. The average Bonchev–Trinajstić information content (AvgIpc) is 2.15. The molecule has 0 aromatic rings. The molecular weight excluding hydrogens is 249 g/mol. The van der Waals surface area contributed by atoms with Gasteiger partial charge in [0, 0.05) is 0 Å². The van der Waals surface area contributed by atoms with Crippen LogP contribution in [0.25, 0.3) is 0 Å². The topological polar surface area (TPSA) is 99.4 Å². The number of rotatable bonds is 7. The van der Waals surface area contributed by atoms with Crippen LogP contribution in [0.15, 0.2) is 12.7 Å². The van der Waals surface area contributed by atoms with Gasteiger partial charge in [0.2, 0.25) is 0 Å². The minimum Gasteiger partial charge on any atom is -0.394 e. The van der Waals surface area contributed by atoms with Gasteiger partial charge < -0.3 is 14.9 Å². The molecule has 9 heteroatoms. The zero-order valence-electron chi connectivity index (χ0n) is 8.63. The van der Waals surface area contributed by atoms with Crippen molar-refractivity contribution in [2.75, 3.05) is 33.0 Å². The van der Waals surface area contributed by atoms with Crippen molar-refractivity contribution in [1.29, 1.82) is 0 Å². The number of aliphatic hydroxyl groups excluding tert-OH is 2. The van der Waals surface area contributed by atoms with Crippen LogP contribution in [0.1, 0.15) is 0 Å². The Bertz CT molecular complexity index is 170. The Morgan fingerprint density at radius 1 is 1.12 bits per heavy atom. The third kappa shape index (κ3) is 23.5. The normalized spacial score (nSPS) is 13.2. The molecule has 0 aliphatic heterocycles. The van der Waals surface area contributed by atoms with E-state index in [1.54, 1.807) is 0 Å². The zero-order valence-corrected chi connectivity index (χ0v) is 9.52. The van der Waals surface area contributed by atoms with Crippen molar-refractivity contribution in [1.82, 2.24) is 0 Å². The largest absolute Gasteiger partial charge is 0.394 e. The first kappa shape index (κ1) is 18.2. The van der Waals surface area contributed by atoms with Gasteiger partial charge in [0.25, 0.3) is 0 Å². The van der Waals surface area contributed by atoms with Crippen LogP contribution < -0.4 is 0 Å². The van der Waals surface area contributed by atoms with E-state index in [0.717, 1.165) is 6.08 Å². The quantitative estimate of drug-likeness (QED) is 0.299. The fraction of sp³-hybridized carbons (Fsp3) is 0.714. The minimum absolute atomic E-state index is 0.0278. The predicted molar refractivity (Wildman–Crippen MR) is 54.7 cm³/mol. The summed E-state index contributed by atoms with van der Waals surface area (Å²) in [5.74, 6) is 0. The molecule has 0 heterocycles. The van der Waals surface area contributed by atoms with Crippen molar-refractivity contribution >= 4 is 7.91 Å². The van der Waals surface area contributed by atoms with Crippen LogP contribution in [0.5, 0.6) is 0 Å². The van der Waals surface area contributed by atoms with Gasteiger partial charge in [-0.25, -0.2) is 0 Å². The third-order valence-corrected chi connectivity index (χ3v) is 1.45. The number of hydrogen-bond acceptors (Lipinski definition) is 6. The molecule has 100 valence electrons. The Hall–Kier alpha value is -0.210. The van der Waals surface area contributed by atoms with Crippen molar-refractivity contribution in [3.8, 4) is 0 Å². The van der Waals surface area contributed by atoms with Gasteiger partial charge in [-0.2, -0.15) is 0 Å². The van der Waals surface area contributed by atoms with Crippen LogP contribution in [-0.4, -0.2) is 53.0 Å². The smallest absolute Gasteiger partial charge is 0.0698 e. The van der Waals surface area contributed by atoms with Crippen LogP contribution >= 0.6 is 7.91 Å². The summed E-state index contributed by atoms with van der Waals surface area (Å²) < 4.78 is 31.1. The van der Waals surface area contributed by atoms with Crippen molar-refractivity contribution in [3.63, 3.8) is 0 Å². The summed E-state index contributed by atoms with van der Waals surface area (Å²) in [5.41, 5.74) is 0. The first-order valence-corrected chi connectivity index (χ1v) is 6.08. The molecule has 0 rings (SSSR count). The predicted octanol–water partition coefficient (Wildman–Crippen LogP) is 0.228. The summed E-state index contributed by atoms with van der Waals surface area (Å²) in [5, 5.41) is 16.2. The average molecular weight is 266 g/mol. The molecule has 6 nitrogen and oxygen atoms in total. The molecule has 16 heavy (non-hydrogen) atoms. The summed E-state index contributed by atoms with van der Waals surface area (Å²) in [6, 6.07) is 0. The van der Waals surface area contributed by atoms with Gasteiger partial charge in [-0.15, -0.1) is 0 Å². The van der Waals surface area contributed by atoms with Gasteiger partial charge in [-0.05, 0) is 0 Å². The van der Waals surface area contributed by atoms with E-state index in [1.807, 2.05) is 0 Å². The standard InChI is InChI=1S/C4H10O3.C3H7F2O3P/c5-1-3-7-4-2-6;1-2-3-8-9(4,5,6)7/h5-6H,1-4H2;2,6-7H,1,3H2. The first-order valence-electron chi connectivity index (χ1n) is 4.24. The van der Waals surface area contributed by atoms with Gasteiger partial charge in [0.1, 0.15) is 0 Å². The number of hydrogen-bond donors (Lipinski definition) is 4. The van der Waals surface area contributed by atoms with E-state index in [4.69, 9.17) is 20.0 Å². The molecule has 0 aromatic carbocycles. The van der Waals surface area contributed by atoms with E-state index < -0.39 is 14.5 Å². The summed E-state index contributed by atoms with van der Waals surface area (Å²) in [7, 11) is -6.70. The Morgan fingerprint density at radius 2 is 1.56 bits per heavy atom. The molecule has 4 N–H and O–H groups in total. The third-order valence-electron chi connectivity index (χ3n) is 0.877. The van der Waals surface area contributed by atoms with Crippen molar-refractivity contribution in [3.05, 3.63) is 12.7 Å². The summed E-state index contributed by atoms with van der Waals surface area (Å²) in [6.45, 7) is 3.16. The number of aliphatic hydroxyl groups is 2. The maximum absolute atomic E-state index is 11.6. The number of ether oxygens (including phenoxy) is 1. The maximum Gasteiger partial charge on any atom is 0.0698 e. The molecule has 0 saturated heterocycles. The van der Waals surface area contributed by atoms with E-state index in [-0.39, 0.29) is 13.2 Å². The van der Waals surface area contributed by atoms with Crippen molar-refractivity contribution in [2.45, 2.75) is 0 Å². The van der Waals surface area contributed by atoms with Gasteiger partial charge in [-0.3, -0.25) is 0 Å². The van der Waals surface area contributed by atoms with Crippen molar-refractivity contribution < 1.29 is 37.7 Å². The Labute approximate surface area is 92.2 Å². The molecule has 0 radical (unpaired) electrons. The van der Waals surface area contributed by atoms with Gasteiger partial charge in [0.15, 0.2) is 0 Å². The molecule has 0 aliphatic carbocycles. The van der Waals surface area contributed by atoms with Crippen LogP contribution in [0.2, 0.25) is 0 Å². The van der Waals surface area contributed by atoms with E-state index in [9.17, 15) is 8.39 Å². The Balaban J connectivity index is 0. The van der Waals surface area contributed by atoms with Crippen molar-refractivity contribution in [2.24, 2.45) is 0 Å². The maximum atomic E-state index is 11.6. The second-order valence-corrected chi connectivity index (χ2v) is 4.17. The fourth-order valence-corrected chi connectivity index (χ4v) is 0.758. The summed E-state index contributed by atoms with van der Waals surface area (Å²) in [4.78, 5) is 15.4. The first-order chi connectivity index (χ1) is 7.23. The molecule has 0 fully saturated rings. The molecule has 0 aliphatic rings. The Morgan fingerprint density at radius 3 is 1.75 bits per heavy atom. The molecule has 0 atom stereocenters. The number of halogens is 2. The molecule has 0 spiro atoms. The monoisotopic (exact) mass is 266 g/mol. The van der Waals surface area contributed by atoms with Crippen LogP contribution in [0.3, 0.4) is 0 Å². The Kier molecular flexibility index (Phi) is 10.1. The molecule has 0 aromatic heterocycles. The van der Waals surface area contributed by atoms with Crippen LogP contribution in [-0.2, 0) is 9.26 Å². The van der Waals surface area contributed by atoms with Gasteiger partial charge in [0.05, 0.1) is 26.4 Å². The second kappa shape index (κ2) is 8.89. The molecule has 0 saturated carbocycles. The van der Waals surface area contributed by atoms with E-state index in [2.05, 4.69) is 15.8 Å². The fourth-order valence-electron chi connectivity index (χ4n) is 0.407. The minimum atomic E-state index is -6.70. The van der Waals surface area contributed by atoms with E-state index in [0.29, 0.717) is 13.2 Å². The van der Waals surface area contributed by atoms with Crippen LogP contribution in [0.4, 0.5) is 8.39 Å². The van der Waals surface area contributed by atoms with Gasteiger partial charge >= 0.3 is 49.9 Å². The molecule has 0 amide bonds.